The van der Waals surface area contributed by atoms with E-state index in [1.807, 2.05) is 18.2 Å². The van der Waals surface area contributed by atoms with Gasteiger partial charge >= 0.3 is 0 Å². The van der Waals surface area contributed by atoms with Crippen molar-refractivity contribution in [3.8, 4) is 17.2 Å². The first kappa shape index (κ1) is 15.7. The van der Waals surface area contributed by atoms with Crippen molar-refractivity contribution in [3.63, 3.8) is 0 Å². The highest BCUT2D eigenvalue weighted by Gasteiger charge is 2.22. The van der Waals surface area contributed by atoms with Crippen molar-refractivity contribution >= 4 is 0 Å². The molecule has 6 heteroatoms. The maximum absolute atomic E-state index is 9.53. The highest BCUT2D eigenvalue weighted by atomic mass is 16.5. The summed E-state index contributed by atoms with van der Waals surface area (Å²) >= 11 is 0. The minimum absolute atomic E-state index is 0.206. The molecule has 3 aromatic rings. The van der Waals surface area contributed by atoms with Gasteiger partial charge in [0.2, 0.25) is 0 Å². The molecule has 1 aliphatic heterocycles. The number of hydrogen-bond acceptors (Lipinski definition) is 5. The van der Waals surface area contributed by atoms with E-state index < -0.39 is 0 Å². The molecule has 25 heavy (non-hydrogen) atoms. The van der Waals surface area contributed by atoms with Gasteiger partial charge in [0.15, 0.2) is 0 Å². The number of aromatic nitrogens is 3. The van der Waals surface area contributed by atoms with Gasteiger partial charge in [0, 0.05) is 18.2 Å². The molecule has 0 saturated heterocycles. The highest BCUT2D eigenvalue weighted by Crippen LogP contribution is 2.29. The topological polar surface area (TPSA) is 72.2 Å². The van der Waals surface area contributed by atoms with E-state index in [4.69, 9.17) is 4.74 Å². The van der Waals surface area contributed by atoms with Gasteiger partial charge in [-0.15, -0.1) is 0 Å². The smallest absolute Gasteiger partial charge is 0.138 e. The predicted octanol–water partition coefficient (Wildman–Crippen LogP) is 2.63. The van der Waals surface area contributed by atoms with Crippen molar-refractivity contribution in [2.45, 2.75) is 25.4 Å². The largest absolute Gasteiger partial charge is 0.508 e. The third-order valence-electron chi connectivity index (χ3n) is 4.52. The minimum atomic E-state index is 0.206. The lowest BCUT2D eigenvalue weighted by atomic mass is 10.0. The lowest BCUT2D eigenvalue weighted by Crippen LogP contribution is -2.40. The van der Waals surface area contributed by atoms with Crippen molar-refractivity contribution in [3.05, 3.63) is 66.2 Å². The van der Waals surface area contributed by atoms with Crippen LogP contribution in [-0.4, -0.2) is 32.5 Å². The Morgan fingerprint density at radius 1 is 1.24 bits per heavy atom. The van der Waals surface area contributed by atoms with Crippen molar-refractivity contribution < 1.29 is 9.84 Å². The van der Waals surface area contributed by atoms with Crippen LogP contribution >= 0.6 is 0 Å². The lowest BCUT2D eigenvalue weighted by molar-refractivity contribution is 0.229. The molecule has 2 N–H and O–H groups in total. The van der Waals surface area contributed by atoms with Gasteiger partial charge in [-0.25, -0.2) is 9.67 Å². The van der Waals surface area contributed by atoms with E-state index in [0.29, 0.717) is 6.61 Å². The number of phenolic OH excluding ortho intramolecular Hbond substituents is 1. The van der Waals surface area contributed by atoms with Gasteiger partial charge in [-0.05, 0) is 42.7 Å². The van der Waals surface area contributed by atoms with Crippen LogP contribution in [0.2, 0.25) is 0 Å². The molecule has 0 amide bonds. The zero-order valence-corrected chi connectivity index (χ0v) is 14.0. The zero-order chi connectivity index (χ0) is 17.2. The van der Waals surface area contributed by atoms with E-state index >= 15 is 0 Å². The summed E-state index contributed by atoms with van der Waals surface area (Å²) in [5.41, 5.74) is 3.32. The minimum Gasteiger partial charge on any atom is -0.508 e. The number of nitrogens with one attached hydrogen (secondary N) is 1. The average Bonchev–Trinajstić information content (AvgIpc) is 3.17. The van der Waals surface area contributed by atoms with Crippen molar-refractivity contribution in [1.29, 1.82) is 0 Å². The van der Waals surface area contributed by atoms with Crippen LogP contribution in [0.5, 0.6) is 11.5 Å². The maximum Gasteiger partial charge on any atom is 0.138 e. The first-order chi connectivity index (χ1) is 12.2. The first-order valence-electron chi connectivity index (χ1n) is 8.35. The van der Waals surface area contributed by atoms with Gasteiger partial charge in [-0.2, -0.15) is 5.10 Å². The second-order valence-electron chi connectivity index (χ2n) is 6.32. The number of rotatable bonds is 4. The van der Waals surface area contributed by atoms with Crippen LogP contribution < -0.4 is 10.1 Å². The molecule has 2 unspecified atom stereocenters. The molecule has 0 aliphatic carbocycles. The van der Waals surface area contributed by atoms with Crippen LogP contribution in [0.25, 0.3) is 5.69 Å². The Morgan fingerprint density at radius 2 is 2.08 bits per heavy atom. The summed E-state index contributed by atoms with van der Waals surface area (Å²) < 4.78 is 7.52. The molecule has 2 heterocycles. The van der Waals surface area contributed by atoms with Crippen LogP contribution in [0.3, 0.4) is 0 Å². The Kier molecular flexibility index (Phi) is 4.11. The summed E-state index contributed by atoms with van der Waals surface area (Å²) in [5, 5.41) is 17.3. The van der Waals surface area contributed by atoms with Crippen molar-refractivity contribution in [1.82, 2.24) is 20.1 Å². The monoisotopic (exact) mass is 336 g/mol. The lowest BCUT2D eigenvalue weighted by Gasteiger charge is -2.29. The average molecular weight is 336 g/mol. The number of nitrogens with zero attached hydrogens (tertiary/aromatic N) is 3. The molecule has 0 bridgehead atoms. The van der Waals surface area contributed by atoms with Gasteiger partial charge < -0.3 is 15.2 Å². The van der Waals surface area contributed by atoms with Crippen LogP contribution in [0.4, 0.5) is 0 Å². The van der Waals surface area contributed by atoms with Gasteiger partial charge in [0.25, 0.3) is 0 Å². The highest BCUT2D eigenvalue weighted by molar-refractivity contribution is 5.42. The first-order valence-corrected chi connectivity index (χ1v) is 8.35. The summed E-state index contributed by atoms with van der Waals surface area (Å²) in [6.45, 7) is 2.74. The number of aromatic hydroxyl groups is 1. The van der Waals surface area contributed by atoms with Gasteiger partial charge in [0.1, 0.15) is 30.8 Å². The van der Waals surface area contributed by atoms with Gasteiger partial charge in [0.05, 0.1) is 5.69 Å². The summed E-state index contributed by atoms with van der Waals surface area (Å²) in [6, 6.07) is 14.0. The molecule has 1 aliphatic rings. The molecular weight excluding hydrogens is 316 g/mol. The summed E-state index contributed by atoms with van der Waals surface area (Å²) in [4.78, 5) is 3.97. The third-order valence-corrected chi connectivity index (χ3v) is 4.52. The van der Waals surface area contributed by atoms with E-state index in [0.717, 1.165) is 23.4 Å². The molecular formula is C19H20N4O2. The molecule has 1 aromatic heterocycles. The molecule has 0 radical (unpaired) electrons. The number of ether oxygens (including phenoxy) is 1. The summed E-state index contributed by atoms with van der Waals surface area (Å²) in [6.07, 6.45) is 4.10. The Balaban J connectivity index is 1.42. The SMILES string of the molecule is CC(NC1COc2cc(O)ccc2C1)c1ccc(-n2cncn2)cc1. The number of phenols is 1. The second-order valence-corrected chi connectivity index (χ2v) is 6.32. The third kappa shape index (κ3) is 3.34. The predicted molar refractivity (Wildman–Crippen MR) is 94.0 cm³/mol. The van der Waals surface area contributed by atoms with Crippen LogP contribution in [0, 0.1) is 0 Å². The van der Waals surface area contributed by atoms with E-state index in [1.165, 1.54) is 11.9 Å². The fourth-order valence-corrected chi connectivity index (χ4v) is 3.18. The number of fused-ring (bicyclic) bond motifs is 1. The van der Waals surface area contributed by atoms with Crippen LogP contribution in [0.15, 0.2) is 55.1 Å². The standard InChI is InChI=1S/C19H20N4O2/c1-13(14-2-5-17(6-3-14)23-12-20-11-21-23)22-16-8-15-4-7-18(24)9-19(15)25-10-16/h2-7,9,11-13,16,22,24H,8,10H2,1H3. The number of benzene rings is 2. The molecule has 4 rings (SSSR count). The van der Waals surface area contributed by atoms with Crippen LogP contribution in [-0.2, 0) is 6.42 Å². The maximum atomic E-state index is 9.53. The molecule has 6 nitrogen and oxygen atoms in total. The van der Waals surface area contributed by atoms with Gasteiger partial charge in [-0.1, -0.05) is 18.2 Å². The molecule has 2 aromatic carbocycles. The Morgan fingerprint density at radius 3 is 2.84 bits per heavy atom. The van der Waals surface area contributed by atoms with E-state index in [9.17, 15) is 5.11 Å². The molecule has 128 valence electrons. The van der Waals surface area contributed by atoms with Crippen molar-refractivity contribution in [2.24, 2.45) is 0 Å². The van der Waals surface area contributed by atoms with E-state index in [-0.39, 0.29) is 17.8 Å². The summed E-state index contributed by atoms with van der Waals surface area (Å²) in [5.74, 6) is 1.02. The van der Waals surface area contributed by atoms with Gasteiger partial charge in [-0.3, -0.25) is 0 Å². The van der Waals surface area contributed by atoms with Crippen molar-refractivity contribution in [2.75, 3.05) is 6.61 Å². The Labute approximate surface area is 146 Å². The van der Waals surface area contributed by atoms with E-state index in [2.05, 4.69) is 34.5 Å². The molecule has 0 spiro atoms. The quantitative estimate of drug-likeness (QED) is 0.766. The second kappa shape index (κ2) is 6.57. The van der Waals surface area contributed by atoms with E-state index in [1.54, 1.807) is 23.1 Å². The summed E-state index contributed by atoms with van der Waals surface area (Å²) in [7, 11) is 0. The number of hydrogen-bond donors (Lipinski definition) is 2. The Hall–Kier alpha value is -2.86. The van der Waals surface area contributed by atoms with Crippen LogP contribution in [0.1, 0.15) is 24.1 Å². The zero-order valence-electron chi connectivity index (χ0n) is 14.0. The normalized spacial score (nSPS) is 17.6. The fraction of sp³-hybridized carbons (Fsp3) is 0.263. The Bertz CT molecular complexity index is 846. The molecule has 0 saturated carbocycles. The molecule has 2 atom stereocenters. The fourth-order valence-electron chi connectivity index (χ4n) is 3.18. The molecule has 0 fully saturated rings.